The molecule has 88 valence electrons. The van der Waals surface area contributed by atoms with Gasteiger partial charge in [0.25, 0.3) is 0 Å². The molecule has 0 atom stereocenters. The van der Waals surface area contributed by atoms with Crippen molar-refractivity contribution in [1.82, 2.24) is 0 Å². The predicted octanol–water partition coefficient (Wildman–Crippen LogP) is 3.85. The van der Waals surface area contributed by atoms with E-state index in [9.17, 15) is 4.79 Å². The lowest BCUT2D eigenvalue weighted by Gasteiger charge is -2.05. The van der Waals surface area contributed by atoms with Gasteiger partial charge in [-0.15, -0.1) is 0 Å². The second-order valence-electron chi connectivity index (χ2n) is 3.84. The molecular formula is C14H20O2. The highest BCUT2D eigenvalue weighted by Crippen LogP contribution is 2.15. The van der Waals surface area contributed by atoms with Crippen molar-refractivity contribution in [2.24, 2.45) is 0 Å². The van der Waals surface area contributed by atoms with Crippen LogP contribution in [0.2, 0.25) is 0 Å². The van der Waals surface area contributed by atoms with Gasteiger partial charge in [0.2, 0.25) is 0 Å². The molecule has 0 N–H and O–H groups in total. The Kier molecular flexibility index (Phi) is 5.62. The van der Waals surface area contributed by atoms with E-state index in [0.717, 1.165) is 30.6 Å². The number of hydrogen-bond donors (Lipinski definition) is 0. The maximum absolute atomic E-state index is 11.8. The van der Waals surface area contributed by atoms with Crippen LogP contribution in [0.5, 0.6) is 5.75 Å². The van der Waals surface area contributed by atoms with Gasteiger partial charge in [-0.25, -0.2) is 0 Å². The average molecular weight is 220 g/mol. The molecule has 2 heteroatoms. The zero-order valence-electron chi connectivity index (χ0n) is 10.2. The minimum atomic E-state index is 0.218. The summed E-state index contributed by atoms with van der Waals surface area (Å²) in [4.78, 5) is 11.8. The van der Waals surface area contributed by atoms with Gasteiger partial charge in [0.15, 0.2) is 5.78 Å². The Labute approximate surface area is 97.6 Å². The van der Waals surface area contributed by atoms with Gasteiger partial charge >= 0.3 is 0 Å². The lowest BCUT2D eigenvalue weighted by Crippen LogP contribution is -2.00. The van der Waals surface area contributed by atoms with Crippen LogP contribution >= 0.6 is 0 Å². The number of benzene rings is 1. The summed E-state index contributed by atoms with van der Waals surface area (Å²) in [6.07, 6.45) is 3.89. The molecule has 0 aromatic heterocycles. The van der Waals surface area contributed by atoms with Crippen molar-refractivity contribution in [3.05, 3.63) is 29.8 Å². The van der Waals surface area contributed by atoms with Crippen LogP contribution in [0, 0.1) is 0 Å². The normalized spacial score (nSPS) is 10.1. The van der Waals surface area contributed by atoms with Crippen molar-refractivity contribution in [1.29, 1.82) is 0 Å². The van der Waals surface area contributed by atoms with Crippen LogP contribution < -0.4 is 4.74 Å². The van der Waals surface area contributed by atoms with Crippen molar-refractivity contribution in [2.75, 3.05) is 6.61 Å². The number of ketones is 1. The molecule has 0 saturated heterocycles. The first kappa shape index (κ1) is 12.8. The minimum absolute atomic E-state index is 0.218. The minimum Gasteiger partial charge on any atom is -0.494 e. The number of unbranched alkanes of at least 4 members (excludes halogenated alkanes) is 2. The van der Waals surface area contributed by atoms with Crippen molar-refractivity contribution < 1.29 is 9.53 Å². The smallest absolute Gasteiger partial charge is 0.163 e. The summed E-state index contributed by atoms with van der Waals surface area (Å²) in [5.41, 5.74) is 0.766. The van der Waals surface area contributed by atoms with Gasteiger partial charge in [-0.3, -0.25) is 4.79 Å². The van der Waals surface area contributed by atoms with Crippen LogP contribution in [0.15, 0.2) is 24.3 Å². The molecule has 1 aromatic carbocycles. The second-order valence-corrected chi connectivity index (χ2v) is 3.84. The zero-order chi connectivity index (χ0) is 11.8. The van der Waals surface area contributed by atoms with Gasteiger partial charge in [-0.1, -0.05) is 31.9 Å². The highest BCUT2D eigenvalue weighted by atomic mass is 16.5. The van der Waals surface area contributed by atoms with E-state index in [-0.39, 0.29) is 5.78 Å². The largest absolute Gasteiger partial charge is 0.494 e. The number of rotatable bonds is 7. The molecule has 0 bridgehead atoms. The predicted molar refractivity (Wildman–Crippen MR) is 66.1 cm³/mol. The topological polar surface area (TPSA) is 26.3 Å². The van der Waals surface area contributed by atoms with E-state index in [4.69, 9.17) is 4.74 Å². The fourth-order valence-electron chi connectivity index (χ4n) is 1.61. The van der Waals surface area contributed by atoms with Gasteiger partial charge in [0.1, 0.15) is 5.75 Å². The number of ether oxygens (including phenoxy) is 1. The van der Waals surface area contributed by atoms with Crippen LogP contribution in [0.4, 0.5) is 0 Å². The maximum atomic E-state index is 11.8. The summed E-state index contributed by atoms with van der Waals surface area (Å²) in [7, 11) is 0. The van der Waals surface area contributed by atoms with E-state index in [1.807, 2.05) is 31.2 Å². The summed E-state index contributed by atoms with van der Waals surface area (Å²) in [6, 6.07) is 7.44. The number of carbonyl (C=O) groups excluding carboxylic acids is 1. The Balaban J connectivity index is 2.57. The molecule has 0 fully saturated rings. The van der Waals surface area contributed by atoms with E-state index < -0.39 is 0 Å². The van der Waals surface area contributed by atoms with Crippen molar-refractivity contribution >= 4 is 5.78 Å². The fraction of sp³-hybridized carbons (Fsp3) is 0.500. The molecule has 0 heterocycles. The summed E-state index contributed by atoms with van der Waals surface area (Å²) in [6.45, 7) is 4.71. The van der Waals surface area contributed by atoms with E-state index in [1.165, 1.54) is 0 Å². The van der Waals surface area contributed by atoms with Gasteiger partial charge in [0.05, 0.1) is 6.61 Å². The Morgan fingerprint density at radius 1 is 1.25 bits per heavy atom. The first-order chi connectivity index (χ1) is 7.77. The molecule has 1 aromatic rings. The molecule has 16 heavy (non-hydrogen) atoms. The monoisotopic (exact) mass is 220 g/mol. The van der Waals surface area contributed by atoms with Crippen molar-refractivity contribution in [3.63, 3.8) is 0 Å². The number of Topliss-reactive ketones (excluding diaryl/α,β-unsaturated/α-hetero) is 1. The first-order valence-corrected chi connectivity index (χ1v) is 6.04. The van der Waals surface area contributed by atoms with E-state index in [0.29, 0.717) is 13.0 Å². The molecule has 0 aliphatic carbocycles. The molecular weight excluding hydrogens is 200 g/mol. The van der Waals surface area contributed by atoms with Crippen LogP contribution in [-0.2, 0) is 0 Å². The molecule has 1 rings (SSSR count). The lowest BCUT2D eigenvalue weighted by molar-refractivity contribution is 0.0979. The Bertz CT molecular complexity index is 331. The van der Waals surface area contributed by atoms with E-state index in [1.54, 1.807) is 0 Å². The van der Waals surface area contributed by atoms with Gasteiger partial charge in [-0.2, -0.15) is 0 Å². The van der Waals surface area contributed by atoms with Crippen LogP contribution in [0.3, 0.4) is 0 Å². The average Bonchev–Trinajstić information content (AvgIpc) is 2.30. The summed E-state index contributed by atoms with van der Waals surface area (Å²) < 4.78 is 5.37. The third kappa shape index (κ3) is 4.05. The standard InChI is InChI=1S/C14H20O2/c1-3-5-6-10-14(15)12-8-7-9-13(11-12)16-4-2/h7-9,11H,3-6,10H2,1-2H3. The molecule has 0 spiro atoms. The zero-order valence-corrected chi connectivity index (χ0v) is 10.2. The first-order valence-electron chi connectivity index (χ1n) is 6.04. The highest BCUT2D eigenvalue weighted by Gasteiger charge is 2.06. The lowest BCUT2D eigenvalue weighted by atomic mass is 10.0. The molecule has 0 saturated carbocycles. The Hall–Kier alpha value is -1.31. The molecule has 0 aliphatic heterocycles. The third-order valence-electron chi connectivity index (χ3n) is 2.47. The molecule has 0 aliphatic rings. The van der Waals surface area contributed by atoms with Gasteiger partial charge in [-0.05, 0) is 25.5 Å². The maximum Gasteiger partial charge on any atom is 0.163 e. The Morgan fingerprint density at radius 3 is 2.75 bits per heavy atom. The SMILES string of the molecule is CCCCCC(=O)c1cccc(OCC)c1. The summed E-state index contributed by atoms with van der Waals surface area (Å²) in [5, 5.41) is 0. The molecule has 0 amide bonds. The van der Waals surface area contributed by atoms with Crippen molar-refractivity contribution in [3.8, 4) is 5.75 Å². The van der Waals surface area contributed by atoms with E-state index >= 15 is 0 Å². The Morgan fingerprint density at radius 2 is 2.06 bits per heavy atom. The van der Waals surface area contributed by atoms with Gasteiger partial charge < -0.3 is 4.74 Å². The van der Waals surface area contributed by atoms with Crippen molar-refractivity contribution in [2.45, 2.75) is 39.5 Å². The van der Waals surface area contributed by atoms with Crippen LogP contribution in [0.1, 0.15) is 49.9 Å². The summed E-state index contributed by atoms with van der Waals surface area (Å²) in [5.74, 6) is 0.999. The molecule has 0 unspecified atom stereocenters. The highest BCUT2D eigenvalue weighted by molar-refractivity contribution is 5.96. The van der Waals surface area contributed by atoms with Crippen LogP contribution in [-0.4, -0.2) is 12.4 Å². The number of hydrogen-bond acceptors (Lipinski definition) is 2. The third-order valence-corrected chi connectivity index (χ3v) is 2.47. The molecule has 2 nitrogen and oxygen atoms in total. The molecule has 0 radical (unpaired) electrons. The number of carbonyl (C=O) groups is 1. The second kappa shape index (κ2) is 7.04. The quantitative estimate of drug-likeness (QED) is 0.515. The van der Waals surface area contributed by atoms with Crippen LogP contribution in [0.25, 0.3) is 0 Å². The van der Waals surface area contributed by atoms with E-state index in [2.05, 4.69) is 6.92 Å². The van der Waals surface area contributed by atoms with Gasteiger partial charge in [0, 0.05) is 12.0 Å². The fourth-order valence-corrected chi connectivity index (χ4v) is 1.61. The summed E-state index contributed by atoms with van der Waals surface area (Å²) >= 11 is 0.